The van der Waals surface area contributed by atoms with Crippen molar-refractivity contribution in [3.05, 3.63) is 47.9 Å². The average Bonchev–Trinajstić information content (AvgIpc) is 3.37. The molecule has 0 spiro atoms. The van der Waals surface area contributed by atoms with E-state index in [1.165, 1.54) is 4.68 Å². The number of nitrogens with one attached hydrogen (secondary N) is 2. The predicted octanol–water partition coefficient (Wildman–Crippen LogP) is 0.638. The van der Waals surface area contributed by atoms with E-state index in [1.807, 2.05) is 24.3 Å². The zero-order valence-corrected chi connectivity index (χ0v) is 17.1. The Kier molecular flexibility index (Phi) is 7.74. The van der Waals surface area contributed by atoms with Crippen LogP contribution in [0.25, 0.3) is 10.9 Å². The first-order chi connectivity index (χ1) is 15.0. The van der Waals surface area contributed by atoms with E-state index in [4.69, 9.17) is 5.11 Å². The maximum Gasteiger partial charge on any atom is 0.326 e. The van der Waals surface area contributed by atoms with Gasteiger partial charge in [-0.05, 0) is 30.9 Å². The number of rotatable bonds is 12. The number of hydrogen-bond donors (Lipinski definition) is 5. The number of H-pyrrole nitrogens is 1. The van der Waals surface area contributed by atoms with Crippen LogP contribution < -0.4 is 5.32 Å². The molecule has 0 saturated carbocycles. The Morgan fingerprint density at radius 1 is 1.23 bits per heavy atom. The number of carboxylic acid groups (broad SMARTS) is 1. The molecular weight excluding hydrogens is 402 g/mol. The number of aliphatic hydroxyl groups is 2. The second kappa shape index (κ2) is 10.7. The van der Waals surface area contributed by atoms with Gasteiger partial charge in [-0.2, -0.15) is 0 Å². The van der Waals surface area contributed by atoms with E-state index in [2.05, 4.69) is 20.6 Å². The third-order valence-electron chi connectivity index (χ3n) is 5.01. The summed E-state index contributed by atoms with van der Waals surface area (Å²) >= 11 is 0. The van der Waals surface area contributed by atoms with Crippen molar-refractivity contribution >= 4 is 22.8 Å². The van der Waals surface area contributed by atoms with Gasteiger partial charge in [-0.25, -0.2) is 9.48 Å². The van der Waals surface area contributed by atoms with E-state index in [1.54, 1.807) is 12.4 Å². The molecule has 2 aromatic heterocycles. The second-order valence-corrected chi connectivity index (χ2v) is 7.50. The predicted molar refractivity (Wildman–Crippen MR) is 112 cm³/mol. The first-order valence-electron chi connectivity index (χ1n) is 10.2. The summed E-state index contributed by atoms with van der Waals surface area (Å²) in [6, 6.07) is 6.63. The lowest BCUT2D eigenvalue weighted by Gasteiger charge is -2.14. The summed E-state index contributed by atoms with van der Waals surface area (Å²) in [7, 11) is 0. The standard InChI is InChI=1S/C21H27N5O5/c27-13-16(28)12-26-11-15(24-25-26)5-1-4-8-20(29)23-19(21(30)31)9-14-10-22-18-7-3-2-6-17(14)18/h2-3,6-7,10-11,16,19,22,27-28H,1,4-5,8-9,12-13H2,(H,23,29)(H,30,31)/t16?,19-/m1/s1. The number of hydrogen-bond acceptors (Lipinski definition) is 6. The van der Waals surface area contributed by atoms with Crippen LogP contribution in [-0.2, 0) is 29.0 Å². The van der Waals surface area contributed by atoms with E-state index in [-0.39, 0.29) is 31.9 Å². The molecule has 1 unspecified atom stereocenters. The normalized spacial score (nSPS) is 13.2. The highest BCUT2D eigenvalue weighted by atomic mass is 16.4. The maximum absolute atomic E-state index is 12.3. The fourth-order valence-electron chi connectivity index (χ4n) is 3.39. The number of aryl methyl sites for hydroxylation is 1. The number of carbonyl (C=O) groups is 2. The average molecular weight is 429 g/mol. The van der Waals surface area contributed by atoms with Gasteiger partial charge in [0.1, 0.15) is 6.04 Å². The highest BCUT2D eigenvalue weighted by Gasteiger charge is 2.21. The molecule has 10 heteroatoms. The number of amides is 1. The van der Waals surface area contributed by atoms with Crippen LogP contribution in [0.15, 0.2) is 36.7 Å². The van der Waals surface area contributed by atoms with Gasteiger partial charge in [0, 0.05) is 36.1 Å². The molecule has 2 atom stereocenters. The SMILES string of the molecule is O=C(CCCCc1cn(CC(O)CO)nn1)N[C@H](Cc1c[nH]c2ccccc12)C(=O)O. The van der Waals surface area contributed by atoms with Gasteiger partial charge in [0.25, 0.3) is 0 Å². The number of nitrogens with zero attached hydrogens (tertiary/aromatic N) is 3. The fourth-order valence-corrected chi connectivity index (χ4v) is 3.39. The van der Waals surface area contributed by atoms with Gasteiger partial charge in [-0.1, -0.05) is 23.4 Å². The Bertz CT molecular complexity index is 1010. The van der Waals surface area contributed by atoms with E-state index in [9.17, 15) is 19.8 Å². The monoisotopic (exact) mass is 429 g/mol. The van der Waals surface area contributed by atoms with Crippen molar-refractivity contribution in [3.63, 3.8) is 0 Å². The topological polar surface area (TPSA) is 153 Å². The number of fused-ring (bicyclic) bond motifs is 1. The van der Waals surface area contributed by atoms with Crippen molar-refractivity contribution < 1.29 is 24.9 Å². The minimum absolute atomic E-state index is 0.166. The fraction of sp³-hybridized carbons (Fsp3) is 0.429. The maximum atomic E-state index is 12.3. The van der Waals surface area contributed by atoms with Crippen LogP contribution >= 0.6 is 0 Å². The van der Waals surface area contributed by atoms with Crippen LogP contribution in [0.5, 0.6) is 0 Å². The molecule has 1 amide bonds. The zero-order chi connectivity index (χ0) is 22.2. The summed E-state index contributed by atoms with van der Waals surface area (Å²) in [5.41, 5.74) is 2.50. The van der Waals surface area contributed by atoms with E-state index in [0.29, 0.717) is 19.3 Å². The number of aliphatic hydroxyl groups excluding tert-OH is 2. The summed E-state index contributed by atoms with van der Waals surface area (Å²) in [6.07, 6.45) is 4.89. The highest BCUT2D eigenvalue weighted by Crippen LogP contribution is 2.19. The summed E-state index contributed by atoms with van der Waals surface area (Å²) in [5, 5.41) is 39.2. The van der Waals surface area contributed by atoms with Gasteiger partial charge in [-0.15, -0.1) is 5.10 Å². The molecule has 5 N–H and O–H groups in total. The molecule has 0 aliphatic carbocycles. The Morgan fingerprint density at radius 2 is 2.03 bits per heavy atom. The lowest BCUT2D eigenvalue weighted by molar-refractivity contribution is -0.141. The lowest BCUT2D eigenvalue weighted by atomic mass is 10.0. The number of aromatic nitrogens is 4. The molecule has 10 nitrogen and oxygen atoms in total. The van der Waals surface area contributed by atoms with Gasteiger partial charge in [-0.3, -0.25) is 4.79 Å². The molecule has 3 aromatic rings. The Hall–Kier alpha value is -3.24. The number of unbranched alkanes of at least 4 members (excludes halogenated alkanes) is 1. The molecule has 0 bridgehead atoms. The summed E-state index contributed by atoms with van der Waals surface area (Å²) < 4.78 is 1.46. The van der Waals surface area contributed by atoms with Gasteiger partial charge in [0.05, 0.1) is 24.9 Å². The van der Waals surface area contributed by atoms with Gasteiger partial charge >= 0.3 is 5.97 Å². The number of carbonyl (C=O) groups excluding carboxylic acids is 1. The number of aliphatic carboxylic acids is 1. The third-order valence-corrected chi connectivity index (χ3v) is 5.01. The van der Waals surface area contributed by atoms with Crippen molar-refractivity contribution in [3.8, 4) is 0 Å². The largest absolute Gasteiger partial charge is 0.480 e. The van der Waals surface area contributed by atoms with Crippen molar-refractivity contribution in [2.75, 3.05) is 6.61 Å². The van der Waals surface area contributed by atoms with Crippen molar-refractivity contribution in [2.24, 2.45) is 0 Å². The molecule has 0 fully saturated rings. The summed E-state index contributed by atoms with van der Waals surface area (Å²) in [4.78, 5) is 27.0. The second-order valence-electron chi connectivity index (χ2n) is 7.50. The Labute approximate surface area is 178 Å². The molecule has 0 aliphatic heterocycles. The van der Waals surface area contributed by atoms with Crippen LogP contribution in [-0.4, -0.2) is 65.9 Å². The number of benzene rings is 1. The van der Waals surface area contributed by atoms with Crippen molar-refractivity contribution in [1.29, 1.82) is 0 Å². The van der Waals surface area contributed by atoms with E-state index < -0.39 is 18.1 Å². The Morgan fingerprint density at radius 3 is 2.81 bits per heavy atom. The molecule has 3 rings (SSSR count). The molecule has 0 saturated heterocycles. The van der Waals surface area contributed by atoms with Crippen LogP contribution in [0.1, 0.15) is 30.5 Å². The minimum atomic E-state index is -1.07. The van der Waals surface area contributed by atoms with Crippen molar-refractivity contribution in [2.45, 2.75) is 50.8 Å². The summed E-state index contributed by atoms with van der Waals surface area (Å²) in [6.45, 7) is -0.180. The van der Waals surface area contributed by atoms with Crippen LogP contribution in [0, 0.1) is 0 Å². The Balaban J connectivity index is 1.44. The van der Waals surface area contributed by atoms with Gasteiger partial charge < -0.3 is 25.6 Å². The molecule has 166 valence electrons. The molecular formula is C21H27N5O5. The van der Waals surface area contributed by atoms with Gasteiger partial charge in [0.15, 0.2) is 0 Å². The van der Waals surface area contributed by atoms with E-state index >= 15 is 0 Å². The number of aromatic amines is 1. The minimum Gasteiger partial charge on any atom is -0.480 e. The smallest absolute Gasteiger partial charge is 0.326 e. The van der Waals surface area contributed by atoms with Crippen LogP contribution in [0.2, 0.25) is 0 Å². The van der Waals surface area contributed by atoms with Crippen LogP contribution in [0.3, 0.4) is 0 Å². The molecule has 2 heterocycles. The molecule has 1 aromatic carbocycles. The van der Waals surface area contributed by atoms with Crippen molar-refractivity contribution in [1.82, 2.24) is 25.3 Å². The lowest BCUT2D eigenvalue weighted by Crippen LogP contribution is -2.42. The van der Waals surface area contributed by atoms with Gasteiger partial charge in [0.2, 0.25) is 5.91 Å². The summed E-state index contributed by atoms with van der Waals surface area (Å²) in [5.74, 6) is -1.37. The molecule has 31 heavy (non-hydrogen) atoms. The highest BCUT2D eigenvalue weighted by molar-refractivity contribution is 5.86. The van der Waals surface area contributed by atoms with E-state index in [0.717, 1.165) is 22.2 Å². The first-order valence-corrected chi connectivity index (χ1v) is 10.2. The van der Waals surface area contributed by atoms with Crippen LogP contribution in [0.4, 0.5) is 0 Å². The number of carboxylic acids is 1. The molecule has 0 aliphatic rings. The first kappa shape index (κ1) is 22.4. The quantitative estimate of drug-likeness (QED) is 0.265. The number of para-hydroxylation sites is 1. The zero-order valence-electron chi connectivity index (χ0n) is 17.1. The molecule has 0 radical (unpaired) electrons. The third kappa shape index (κ3) is 6.37.